The summed E-state index contributed by atoms with van der Waals surface area (Å²) < 4.78 is 8.03. The van der Waals surface area contributed by atoms with Crippen LogP contribution in [-0.2, 0) is 11.3 Å². The Bertz CT molecular complexity index is 1450. The number of para-hydroxylation sites is 1. The number of nitrogens with zero attached hydrogens (tertiary/aromatic N) is 4. The fourth-order valence-electron chi connectivity index (χ4n) is 3.94. The number of carbonyl (C=O) groups is 1. The van der Waals surface area contributed by atoms with Crippen molar-refractivity contribution in [3.05, 3.63) is 70.4 Å². The number of thioether (sulfide) groups is 1. The van der Waals surface area contributed by atoms with Crippen LogP contribution in [0.2, 0.25) is 5.02 Å². The number of aliphatic imine (C=N–C) groups is 1. The normalized spacial score (nSPS) is 16.8. The molecule has 3 heterocycles. The predicted octanol–water partition coefficient (Wildman–Crippen LogP) is 5.96. The summed E-state index contributed by atoms with van der Waals surface area (Å²) in [4.78, 5) is 17.0. The van der Waals surface area contributed by atoms with Crippen molar-refractivity contribution in [2.75, 3.05) is 6.61 Å². The minimum absolute atomic E-state index is 0.0430. The standard InChI is InChI=1S/C26H24ClN5O2S/c1-15(2)25-30-32-23(28)20(24(33)29-26(32)35-25)13-17-14-31(22-7-5-4-6-19(17)22)10-11-34-18-8-9-21(27)16(3)12-18/h4-9,12-15,28H,10-11H2,1-3H3/b20-13-,28-23?. The first-order valence-corrected chi connectivity index (χ1v) is 12.5. The van der Waals surface area contributed by atoms with Crippen molar-refractivity contribution in [1.82, 2.24) is 9.58 Å². The lowest BCUT2D eigenvalue weighted by Gasteiger charge is -2.20. The number of halogens is 1. The van der Waals surface area contributed by atoms with Gasteiger partial charge in [0.1, 0.15) is 17.4 Å². The molecule has 0 bridgehead atoms. The van der Waals surface area contributed by atoms with E-state index < -0.39 is 5.91 Å². The molecule has 2 aliphatic heterocycles. The molecule has 0 radical (unpaired) electrons. The van der Waals surface area contributed by atoms with E-state index in [1.54, 1.807) is 6.08 Å². The van der Waals surface area contributed by atoms with Gasteiger partial charge in [0.2, 0.25) is 5.17 Å². The largest absolute Gasteiger partial charge is 0.492 e. The molecular weight excluding hydrogens is 482 g/mol. The van der Waals surface area contributed by atoms with Crippen LogP contribution in [0.5, 0.6) is 5.75 Å². The minimum atomic E-state index is -0.424. The van der Waals surface area contributed by atoms with E-state index in [4.69, 9.17) is 21.7 Å². The number of fused-ring (bicyclic) bond motifs is 2. The zero-order valence-corrected chi connectivity index (χ0v) is 21.2. The first kappa shape index (κ1) is 23.4. The number of hydrazone groups is 1. The van der Waals surface area contributed by atoms with Crippen LogP contribution >= 0.6 is 23.4 Å². The maximum absolute atomic E-state index is 12.8. The van der Waals surface area contributed by atoms with Gasteiger partial charge in [0.25, 0.3) is 5.91 Å². The molecule has 0 spiro atoms. The van der Waals surface area contributed by atoms with Gasteiger partial charge < -0.3 is 9.30 Å². The van der Waals surface area contributed by atoms with Gasteiger partial charge in [0.05, 0.1) is 12.1 Å². The topological polar surface area (TPSA) is 83.0 Å². The second kappa shape index (κ2) is 9.36. The lowest BCUT2D eigenvalue weighted by Crippen LogP contribution is -2.35. The SMILES string of the molecule is Cc1cc(OCCn2cc(/C=C3/C(=N)N4N=C(C(C)C)SC4=NC3=O)c3ccccc32)ccc1Cl. The molecule has 0 atom stereocenters. The van der Waals surface area contributed by atoms with Crippen molar-refractivity contribution in [2.45, 2.75) is 27.3 Å². The summed E-state index contributed by atoms with van der Waals surface area (Å²) >= 11 is 7.45. The second-order valence-electron chi connectivity index (χ2n) is 8.67. The quantitative estimate of drug-likeness (QED) is 0.419. The van der Waals surface area contributed by atoms with E-state index >= 15 is 0 Å². The molecular formula is C26H24ClN5O2S. The lowest BCUT2D eigenvalue weighted by atomic mass is 10.1. The molecule has 0 unspecified atom stereocenters. The van der Waals surface area contributed by atoms with E-state index in [-0.39, 0.29) is 17.3 Å². The Morgan fingerprint density at radius 3 is 2.80 bits per heavy atom. The van der Waals surface area contributed by atoms with Gasteiger partial charge in [-0.05, 0) is 54.6 Å². The Balaban J connectivity index is 1.42. The molecule has 2 aliphatic rings. The number of ether oxygens (including phenoxy) is 1. The predicted molar refractivity (Wildman–Crippen MR) is 143 cm³/mol. The average molecular weight is 506 g/mol. The highest BCUT2D eigenvalue weighted by molar-refractivity contribution is 8.27. The van der Waals surface area contributed by atoms with E-state index in [0.29, 0.717) is 23.3 Å². The van der Waals surface area contributed by atoms with Crippen molar-refractivity contribution >= 4 is 62.3 Å². The Labute approximate surface area is 212 Å². The third-order valence-corrected chi connectivity index (χ3v) is 7.45. The molecule has 7 nitrogen and oxygen atoms in total. The van der Waals surface area contributed by atoms with Crippen molar-refractivity contribution in [3.63, 3.8) is 0 Å². The summed E-state index contributed by atoms with van der Waals surface area (Å²) in [7, 11) is 0. The molecule has 1 amide bonds. The third kappa shape index (κ3) is 4.51. The lowest BCUT2D eigenvalue weighted by molar-refractivity contribution is -0.114. The molecule has 2 aromatic carbocycles. The smallest absolute Gasteiger partial charge is 0.283 e. The van der Waals surface area contributed by atoms with E-state index in [9.17, 15) is 4.79 Å². The van der Waals surface area contributed by atoms with Gasteiger partial charge >= 0.3 is 0 Å². The van der Waals surface area contributed by atoms with E-state index in [2.05, 4.69) is 14.7 Å². The molecule has 1 N–H and O–H groups in total. The molecule has 0 saturated carbocycles. The van der Waals surface area contributed by atoms with E-state index in [1.807, 2.05) is 69.4 Å². The number of aromatic nitrogens is 1. The number of rotatable bonds is 6. The Morgan fingerprint density at radius 1 is 1.23 bits per heavy atom. The van der Waals surface area contributed by atoms with E-state index in [0.717, 1.165) is 32.8 Å². The highest BCUT2D eigenvalue weighted by Gasteiger charge is 2.36. The minimum Gasteiger partial charge on any atom is -0.492 e. The summed E-state index contributed by atoms with van der Waals surface area (Å²) in [5, 5.41) is 17.6. The molecule has 5 rings (SSSR count). The van der Waals surface area contributed by atoms with Crippen molar-refractivity contribution in [2.24, 2.45) is 16.0 Å². The maximum atomic E-state index is 12.8. The van der Waals surface area contributed by atoms with Crippen LogP contribution in [0, 0.1) is 18.3 Å². The summed E-state index contributed by atoms with van der Waals surface area (Å²) in [6, 6.07) is 13.6. The first-order valence-electron chi connectivity index (χ1n) is 11.3. The van der Waals surface area contributed by atoms with Crippen LogP contribution < -0.4 is 4.74 Å². The summed E-state index contributed by atoms with van der Waals surface area (Å²) in [6.07, 6.45) is 3.72. The molecule has 178 valence electrons. The van der Waals surface area contributed by atoms with Gasteiger partial charge in [-0.2, -0.15) is 15.1 Å². The highest BCUT2D eigenvalue weighted by Crippen LogP contribution is 2.32. The molecule has 0 saturated heterocycles. The van der Waals surface area contributed by atoms with Gasteiger partial charge in [-0.15, -0.1) is 0 Å². The summed E-state index contributed by atoms with van der Waals surface area (Å²) in [5.41, 5.74) is 3.05. The maximum Gasteiger partial charge on any atom is 0.283 e. The Hall–Kier alpha value is -3.36. The van der Waals surface area contributed by atoms with Crippen LogP contribution in [-0.4, -0.2) is 38.1 Å². The number of aryl methyl sites for hydroxylation is 1. The summed E-state index contributed by atoms with van der Waals surface area (Å²) in [5.74, 6) is 0.583. The zero-order chi connectivity index (χ0) is 24.7. The molecule has 0 aliphatic carbocycles. The van der Waals surface area contributed by atoms with E-state index in [1.165, 1.54) is 16.8 Å². The number of amidine groups is 2. The van der Waals surface area contributed by atoms with Crippen molar-refractivity contribution < 1.29 is 9.53 Å². The number of nitrogens with one attached hydrogen (secondary N) is 1. The first-order chi connectivity index (χ1) is 16.8. The summed E-state index contributed by atoms with van der Waals surface area (Å²) in [6.45, 7) is 7.08. The van der Waals surface area contributed by atoms with Crippen molar-refractivity contribution in [1.29, 1.82) is 5.41 Å². The third-order valence-electron chi connectivity index (χ3n) is 5.81. The molecule has 35 heavy (non-hydrogen) atoms. The Kier molecular flexibility index (Phi) is 6.25. The molecule has 3 aromatic rings. The van der Waals surface area contributed by atoms with Crippen LogP contribution in [0.15, 0.2) is 64.3 Å². The number of carbonyl (C=O) groups excluding carboxylic acids is 1. The van der Waals surface area contributed by atoms with Gasteiger partial charge in [-0.3, -0.25) is 10.2 Å². The van der Waals surface area contributed by atoms with Crippen LogP contribution in [0.4, 0.5) is 0 Å². The monoisotopic (exact) mass is 505 g/mol. The van der Waals surface area contributed by atoms with Crippen LogP contribution in [0.1, 0.15) is 25.0 Å². The van der Waals surface area contributed by atoms with Gasteiger partial charge in [-0.1, -0.05) is 43.6 Å². The molecule has 9 heteroatoms. The Morgan fingerprint density at radius 2 is 2.03 bits per heavy atom. The second-order valence-corrected chi connectivity index (χ2v) is 10.1. The van der Waals surface area contributed by atoms with Gasteiger partial charge in [0.15, 0.2) is 5.84 Å². The van der Waals surface area contributed by atoms with Crippen molar-refractivity contribution in [3.8, 4) is 5.75 Å². The fraction of sp³-hybridized carbons (Fsp3) is 0.231. The van der Waals surface area contributed by atoms with Gasteiger partial charge in [0, 0.05) is 33.6 Å². The van der Waals surface area contributed by atoms with Crippen LogP contribution in [0.3, 0.4) is 0 Å². The van der Waals surface area contributed by atoms with Gasteiger partial charge in [-0.25, -0.2) is 0 Å². The average Bonchev–Trinajstić information content (AvgIpc) is 3.41. The number of amides is 1. The van der Waals surface area contributed by atoms with Crippen LogP contribution in [0.25, 0.3) is 17.0 Å². The number of benzene rings is 2. The number of hydrogen-bond acceptors (Lipinski definition) is 5. The highest BCUT2D eigenvalue weighted by atomic mass is 35.5. The molecule has 1 aromatic heterocycles. The molecule has 0 fully saturated rings. The fourth-order valence-corrected chi connectivity index (χ4v) is 4.95. The number of hydrogen-bond donors (Lipinski definition) is 1. The zero-order valence-electron chi connectivity index (χ0n) is 19.6.